The number of hydrogen-bond acceptors (Lipinski definition) is 6. The largest absolute Gasteiger partial charge is 0.493 e. The number of nitrogens with zero attached hydrogens (tertiary/aromatic N) is 2. The molecular formula is C20H26N2O5S. The van der Waals surface area contributed by atoms with E-state index in [0.717, 1.165) is 37.9 Å². The van der Waals surface area contributed by atoms with E-state index in [9.17, 15) is 9.00 Å². The Kier molecular flexibility index (Phi) is 6.72. The van der Waals surface area contributed by atoms with E-state index in [-0.39, 0.29) is 17.4 Å². The van der Waals surface area contributed by atoms with Gasteiger partial charge in [-0.2, -0.15) is 0 Å². The van der Waals surface area contributed by atoms with Crippen molar-refractivity contribution in [3.63, 3.8) is 0 Å². The van der Waals surface area contributed by atoms with E-state index < -0.39 is 10.8 Å². The summed E-state index contributed by atoms with van der Waals surface area (Å²) in [7, 11) is 1.82. The number of rotatable bonds is 7. The number of likely N-dealkylation sites (tertiary alicyclic amines) is 1. The normalized spacial score (nSPS) is 15.3. The number of oxazole rings is 1. The van der Waals surface area contributed by atoms with Crippen LogP contribution in [0.15, 0.2) is 22.6 Å². The summed E-state index contributed by atoms with van der Waals surface area (Å²) in [6.45, 7) is 3.32. The van der Waals surface area contributed by atoms with Gasteiger partial charge >= 0.3 is 0 Å². The number of piperidine rings is 1. The molecule has 0 spiro atoms. The molecule has 1 aromatic carbocycles. The highest BCUT2D eigenvalue weighted by molar-refractivity contribution is 7.84. The fourth-order valence-corrected chi connectivity index (χ4v) is 4.36. The van der Waals surface area contributed by atoms with Crippen LogP contribution in [-0.4, -0.2) is 53.1 Å². The fraction of sp³-hybridized carbons (Fsp3) is 0.500. The van der Waals surface area contributed by atoms with Crippen LogP contribution in [0.5, 0.6) is 11.5 Å². The van der Waals surface area contributed by atoms with Crippen molar-refractivity contribution >= 4 is 16.7 Å². The summed E-state index contributed by atoms with van der Waals surface area (Å²) in [4.78, 5) is 18.6. The lowest BCUT2D eigenvalue weighted by Crippen LogP contribution is -2.38. The Morgan fingerprint density at radius 3 is 2.57 bits per heavy atom. The lowest BCUT2D eigenvalue weighted by Gasteiger charge is -2.26. The number of aromatic nitrogens is 1. The van der Waals surface area contributed by atoms with Crippen molar-refractivity contribution in [1.29, 1.82) is 0 Å². The van der Waals surface area contributed by atoms with E-state index in [0.29, 0.717) is 28.8 Å². The molecule has 0 N–H and O–H groups in total. The number of amides is 1. The quantitative estimate of drug-likeness (QED) is 0.703. The highest BCUT2D eigenvalue weighted by Crippen LogP contribution is 2.32. The maximum atomic E-state index is 12.5. The van der Waals surface area contributed by atoms with Crippen LogP contribution in [0.2, 0.25) is 0 Å². The molecule has 0 saturated carbocycles. The van der Waals surface area contributed by atoms with E-state index >= 15 is 0 Å². The Morgan fingerprint density at radius 1 is 1.18 bits per heavy atom. The molecule has 152 valence electrons. The van der Waals surface area contributed by atoms with Gasteiger partial charge in [-0.05, 0) is 44.4 Å². The van der Waals surface area contributed by atoms with Gasteiger partial charge < -0.3 is 18.8 Å². The van der Waals surface area contributed by atoms with Crippen molar-refractivity contribution in [2.75, 3.05) is 33.1 Å². The van der Waals surface area contributed by atoms with Crippen LogP contribution in [0.1, 0.15) is 30.7 Å². The first kappa shape index (κ1) is 20.4. The highest BCUT2D eigenvalue weighted by Gasteiger charge is 2.21. The highest BCUT2D eigenvalue weighted by atomic mass is 32.2. The van der Waals surface area contributed by atoms with E-state index in [1.54, 1.807) is 33.3 Å². The minimum Gasteiger partial charge on any atom is -0.493 e. The first-order chi connectivity index (χ1) is 13.5. The van der Waals surface area contributed by atoms with E-state index in [4.69, 9.17) is 13.9 Å². The summed E-state index contributed by atoms with van der Waals surface area (Å²) in [6, 6.07) is 5.39. The Hall–Kier alpha value is -2.35. The fourth-order valence-electron chi connectivity index (χ4n) is 3.23. The van der Waals surface area contributed by atoms with Gasteiger partial charge in [-0.15, -0.1) is 0 Å². The zero-order valence-electron chi connectivity index (χ0n) is 16.5. The Bertz CT molecular complexity index is 858. The molecular weight excluding hydrogens is 380 g/mol. The Morgan fingerprint density at radius 2 is 1.89 bits per heavy atom. The molecule has 1 aliphatic heterocycles. The van der Waals surface area contributed by atoms with Gasteiger partial charge in [0.2, 0.25) is 11.8 Å². The van der Waals surface area contributed by atoms with Crippen LogP contribution in [-0.2, 0) is 21.3 Å². The van der Waals surface area contributed by atoms with Gasteiger partial charge in [-0.25, -0.2) is 4.98 Å². The second kappa shape index (κ2) is 9.23. The monoisotopic (exact) mass is 406 g/mol. The van der Waals surface area contributed by atoms with Gasteiger partial charge in [-0.1, -0.05) is 0 Å². The number of aryl methyl sites for hydroxylation is 1. The Labute approximate surface area is 167 Å². The molecule has 2 heterocycles. The van der Waals surface area contributed by atoms with Gasteiger partial charge in [0.15, 0.2) is 11.5 Å². The summed E-state index contributed by atoms with van der Waals surface area (Å²) in [5.41, 5.74) is 1.34. The van der Waals surface area contributed by atoms with Crippen molar-refractivity contribution < 1.29 is 22.9 Å². The van der Waals surface area contributed by atoms with Crippen molar-refractivity contribution in [1.82, 2.24) is 9.88 Å². The maximum absolute atomic E-state index is 12.5. The first-order valence-electron chi connectivity index (χ1n) is 9.33. The molecule has 8 heteroatoms. The smallest absolute Gasteiger partial charge is 0.235 e. The van der Waals surface area contributed by atoms with Crippen LogP contribution in [0, 0.1) is 6.92 Å². The Balaban J connectivity index is 1.68. The molecule has 2 aromatic rings. The molecule has 1 amide bonds. The maximum Gasteiger partial charge on any atom is 0.235 e. The molecule has 0 aliphatic carbocycles. The number of carbonyl (C=O) groups is 1. The third kappa shape index (κ3) is 4.73. The SMILES string of the molecule is COc1ccc(-c2nc(C[S@](=O)CC(=O)N3CCCCC3)c(C)o2)cc1OC. The number of carbonyl (C=O) groups excluding carboxylic acids is 1. The minimum absolute atomic E-state index is 0.0258. The second-order valence-electron chi connectivity index (χ2n) is 6.76. The molecule has 7 nitrogen and oxygen atoms in total. The first-order valence-corrected chi connectivity index (χ1v) is 10.8. The molecule has 1 aromatic heterocycles. The summed E-state index contributed by atoms with van der Waals surface area (Å²) in [5, 5.41) is 0. The summed E-state index contributed by atoms with van der Waals surface area (Å²) in [5.74, 6) is 2.40. The average molecular weight is 407 g/mol. The minimum atomic E-state index is -1.33. The van der Waals surface area contributed by atoms with Gasteiger partial charge in [0.05, 0.1) is 25.7 Å². The number of benzene rings is 1. The van der Waals surface area contributed by atoms with E-state index in [1.807, 2.05) is 11.0 Å². The van der Waals surface area contributed by atoms with E-state index in [1.165, 1.54) is 0 Å². The summed E-state index contributed by atoms with van der Waals surface area (Å²) < 4.78 is 28.8. The second-order valence-corrected chi connectivity index (χ2v) is 8.22. The lowest BCUT2D eigenvalue weighted by molar-refractivity contribution is -0.129. The molecule has 1 saturated heterocycles. The van der Waals surface area contributed by atoms with Crippen molar-refractivity contribution in [3.8, 4) is 23.0 Å². The molecule has 0 unspecified atom stereocenters. The molecule has 28 heavy (non-hydrogen) atoms. The average Bonchev–Trinajstić information content (AvgIpc) is 3.08. The summed E-state index contributed by atoms with van der Waals surface area (Å²) >= 11 is 0. The number of hydrogen-bond donors (Lipinski definition) is 0. The van der Waals surface area contributed by atoms with Crippen LogP contribution in [0.25, 0.3) is 11.5 Å². The molecule has 3 rings (SSSR count). The van der Waals surface area contributed by atoms with Crippen LogP contribution in [0.3, 0.4) is 0 Å². The van der Waals surface area contributed by atoms with Crippen LogP contribution >= 0.6 is 0 Å². The van der Waals surface area contributed by atoms with Crippen molar-refractivity contribution in [2.45, 2.75) is 31.9 Å². The molecule has 1 fully saturated rings. The lowest BCUT2D eigenvalue weighted by atomic mass is 10.1. The number of methoxy groups -OCH3 is 2. The third-order valence-electron chi connectivity index (χ3n) is 4.81. The predicted molar refractivity (Wildman–Crippen MR) is 107 cm³/mol. The molecule has 0 bridgehead atoms. The standard InChI is InChI=1S/C20H26N2O5S/c1-14-16(12-28(24)13-19(23)22-9-5-4-6-10-22)21-20(27-14)15-7-8-17(25-2)18(11-15)26-3/h7-8,11H,4-6,9-10,12-13H2,1-3H3/t28-/m0/s1. The zero-order valence-corrected chi connectivity index (χ0v) is 17.3. The van der Waals surface area contributed by atoms with E-state index in [2.05, 4.69) is 4.98 Å². The molecule has 0 radical (unpaired) electrons. The van der Waals surface area contributed by atoms with Crippen LogP contribution < -0.4 is 9.47 Å². The van der Waals surface area contributed by atoms with Crippen LogP contribution in [0.4, 0.5) is 0 Å². The predicted octanol–water partition coefficient (Wildman–Crippen LogP) is 2.93. The van der Waals surface area contributed by atoms with Gasteiger partial charge in [0.1, 0.15) is 11.5 Å². The van der Waals surface area contributed by atoms with Crippen molar-refractivity contribution in [2.24, 2.45) is 0 Å². The van der Waals surface area contributed by atoms with Gasteiger partial charge in [0, 0.05) is 29.5 Å². The van der Waals surface area contributed by atoms with Gasteiger partial charge in [-0.3, -0.25) is 9.00 Å². The van der Waals surface area contributed by atoms with Gasteiger partial charge in [0.25, 0.3) is 0 Å². The summed E-state index contributed by atoms with van der Waals surface area (Å²) in [6.07, 6.45) is 3.20. The number of ether oxygens (including phenoxy) is 2. The van der Waals surface area contributed by atoms with Crippen molar-refractivity contribution in [3.05, 3.63) is 29.7 Å². The topological polar surface area (TPSA) is 81.9 Å². The molecule has 1 aliphatic rings. The zero-order chi connectivity index (χ0) is 20.1. The molecule has 1 atom stereocenters. The third-order valence-corrected chi connectivity index (χ3v) is 5.98.